The van der Waals surface area contributed by atoms with Gasteiger partial charge < -0.3 is 24.6 Å². The van der Waals surface area contributed by atoms with E-state index in [1.165, 1.54) is 16.8 Å². The highest BCUT2D eigenvalue weighted by atomic mass is 16.6. The van der Waals surface area contributed by atoms with Gasteiger partial charge in [0.2, 0.25) is 0 Å². The molecule has 0 aliphatic heterocycles. The van der Waals surface area contributed by atoms with E-state index in [0.29, 0.717) is 12.0 Å². The number of hydrogen-bond donors (Lipinski definition) is 3. The number of benzene rings is 1. The van der Waals surface area contributed by atoms with Crippen LogP contribution in [0.3, 0.4) is 0 Å². The van der Waals surface area contributed by atoms with Crippen LogP contribution in [0.5, 0.6) is 5.75 Å². The first kappa shape index (κ1) is 30.3. The summed E-state index contributed by atoms with van der Waals surface area (Å²) in [5.74, 6) is 5.24. The summed E-state index contributed by atoms with van der Waals surface area (Å²) in [5.41, 5.74) is -1.46. The van der Waals surface area contributed by atoms with Gasteiger partial charge in [-0.05, 0) is 59.2 Å². The van der Waals surface area contributed by atoms with E-state index in [1.807, 2.05) is 0 Å². The number of aliphatic hydroxyl groups is 1. The van der Waals surface area contributed by atoms with Crippen molar-refractivity contribution >= 4 is 12.1 Å². The number of hydrogen-bond acceptors (Lipinski definition) is 8. The lowest BCUT2D eigenvalue weighted by Crippen LogP contribution is -2.39. The van der Waals surface area contributed by atoms with Gasteiger partial charge in [-0.15, -0.1) is 0 Å². The molecule has 2 aromatic rings. The molecule has 0 saturated heterocycles. The predicted octanol–water partition coefficient (Wildman–Crippen LogP) is 2.45. The van der Waals surface area contributed by atoms with E-state index in [9.17, 15) is 24.3 Å². The summed E-state index contributed by atoms with van der Waals surface area (Å²) in [4.78, 5) is 51.0. The molecule has 3 atom stereocenters. The van der Waals surface area contributed by atoms with E-state index >= 15 is 0 Å². The van der Waals surface area contributed by atoms with Gasteiger partial charge in [-0.1, -0.05) is 24.8 Å². The van der Waals surface area contributed by atoms with Gasteiger partial charge >= 0.3 is 17.8 Å². The van der Waals surface area contributed by atoms with Gasteiger partial charge in [0.05, 0.1) is 19.1 Å². The quantitative estimate of drug-likeness (QED) is 0.255. The Kier molecular flexibility index (Phi) is 10.9. The molecular weight excluding hydrogens is 494 g/mol. The Balaban J connectivity index is 2.13. The normalized spacial score (nSPS) is 13.4. The average molecular weight is 530 g/mol. The molecular formula is C27H35N3O8. The highest BCUT2D eigenvalue weighted by molar-refractivity contribution is 5.75. The molecule has 38 heavy (non-hydrogen) atoms. The summed E-state index contributed by atoms with van der Waals surface area (Å²) in [6.07, 6.45) is -0.178. The number of ether oxygens (including phenoxy) is 3. The number of carbonyl (C=O) groups is 2. The van der Waals surface area contributed by atoms with Gasteiger partial charge in [0.1, 0.15) is 23.1 Å². The Morgan fingerprint density at radius 2 is 1.89 bits per heavy atom. The van der Waals surface area contributed by atoms with E-state index in [0.717, 1.165) is 0 Å². The first-order valence-electron chi connectivity index (χ1n) is 12.2. The third-order valence-electron chi connectivity index (χ3n) is 4.92. The van der Waals surface area contributed by atoms with Gasteiger partial charge in [0.25, 0.3) is 5.56 Å². The van der Waals surface area contributed by atoms with Crippen LogP contribution in [0.4, 0.5) is 4.79 Å². The molecule has 0 saturated carbocycles. The molecule has 11 heteroatoms. The maximum atomic E-state index is 12.3. The molecule has 0 fully saturated rings. The van der Waals surface area contributed by atoms with Crippen LogP contribution in [-0.4, -0.2) is 51.1 Å². The molecule has 1 aromatic carbocycles. The molecule has 11 nitrogen and oxygen atoms in total. The number of aromatic nitrogens is 2. The summed E-state index contributed by atoms with van der Waals surface area (Å²) in [7, 11) is 0. The number of alkyl carbamates (subject to hydrolysis) is 1. The molecule has 1 amide bonds. The Morgan fingerprint density at radius 3 is 2.53 bits per heavy atom. The molecule has 2 unspecified atom stereocenters. The Hall–Kier alpha value is -3.88. The summed E-state index contributed by atoms with van der Waals surface area (Å²) < 4.78 is 17.4. The fourth-order valence-corrected chi connectivity index (χ4v) is 3.22. The van der Waals surface area contributed by atoms with Crippen LogP contribution in [0.15, 0.2) is 40.1 Å². The van der Waals surface area contributed by atoms with Crippen molar-refractivity contribution in [3.8, 4) is 17.6 Å². The zero-order valence-corrected chi connectivity index (χ0v) is 22.5. The molecule has 0 aliphatic rings. The molecule has 3 N–H and O–H groups in total. The second-order valence-electron chi connectivity index (χ2n) is 9.70. The van der Waals surface area contributed by atoms with Gasteiger partial charge in [-0.3, -0.25) is 19.1 Å². The van der Waals surface area contributed by atoms with Crippen molar-refractivity contribution < 1.29 is 28.9 Å². The molecule has 0 aliphatic carbocycles. The number of aromatic amines is 1. The zero-order chi connectivity index (χ0) is 28.5. The van der Waals surface area contributed by atoms with Crippen molar-refractivity contribution in [2.75, 3.05) is 6.61 Å². The molecule has 0 spiro atoms. The van der Waals surface area contributed by atoms with Crippen molar-refractivity contribution in [3.05, 3.63) is 62.4 Å². The largest absolute Gasteiger partial charge is 0.444 e. The van der Waals surface area contributed by atoms with Crippen LogP contribution in [0.25, 0.3) is 0 Å². The van der Waals surface area contributed by atoms with Crippen molar-refractivity contribution in [2.45, 2.75) is 78.4 Å². The Bertz CT molecular complexity index is 1300. The van der Waals surface area contributed by atoms with E-state index in [1.54, 1.807) is 59.7 Å². The van der Waals surface area contributed by atoms with Crippen molar-refractivity contribution in [3.63, 3.8) is 0 Å². The zero-order valence-electron chi connectivity index (χ0n) is 22.5. The molecule has 0 radical (unpaired) electrons. The molecule has 206 valence electrons. The second kappa shape index (κ2) is 13.6. The number of H-pyrrole nitrogens is 1. The molecule has 0 bridgehead atoms. The first-order valence-corrected chi connectivity index (χ1v) is 12.2. The van der Waals surface area contributed by atoms with Crippen LogP contribution in [-0.2, 0) is 14.3 Å². The fraction of sp³-hybridized carbons (Fsp3) is 0.481. The van der Waals surface area contributed by atoms with E-state index in [2.05, 4.69) is 22.1 Å². The summed E-state index contributed by atoms with van der Waals surface area (Å²) in [6.45, 7) is 10.1. The number of esters is 1. The van der Waals surface area contributed by atoms with Crippen molar-refractivity contribution in [1.29, 1.82) is 0 Å². The van der Waals surface area contributed by atoms with Crippen LogP contribution >= 0.6 is 0 Å². The number of carbonyl (C=O) groups excluding carboxylic acids is 2. The molecule has 1 aromatic heterocycles. The number of aliphatic hydroxyl groups excluding tert-OH is 1. The number of amides is 1. The lowest BCUT2D eigenvalue weighted by molar-refractivity contribution is -0.134. The monoisotopic (exact) mass is 529 g/mol. The minimum atomic E-state index is -0.697. The predicted molar refractivity (Wildman–Crippen MR) is 140 cm³/mol. The van der Waals surface area contributed by atoms with Gasteiger partial charge in [-0.25, -0.2) is 9.59 Å². The molecule has 1 heterocycles. The third kappa shape index (κ3) is 9.88. The van der Waals surface area contributed by atoms with Crippen molar-refractivity contribution in [2.24, 2.45) is 0 Å². The topological polar surface area (TPSA) is 149 Å². The minimum Gasteiger partial charge on any atom is -0.444 e. The minimum absolute atomic E-state index is 0.0349. The summed E-state index contributed by atoms with van der Waals surface area (Å²) >= 11 is 0. The standard InChI is InChI=1S/C27H35N3O8/c1-7-22(36-18(3)16-31)30-15-20(24(33)29-25(30)34)12-11-19-9-8-10-21(14-19)37-23(32)13-17(2)28-26(35)38-27(4,5)6/h8-10,14-15,17-18,22,31H,7,13,16H2,1-6H3,(H,28,35)(H,29,33,34)/t17?,18-,22?/m0/s1. The second-order valence-corrected chi connectivity index (χ2v) is 9.70. The SMILES string of the molecule is CCC(O[C@@H](C)CO)n1cc(C#Cc2cccc(OC(=O)CC(C)NC(=O)OC(C)(C)C)c2)c(=O)[nH]c1=O. The summed E-state index contributed by atoms with van der Waals surface area (Å²) in [6, 6.07) is 5.90. The van der Waals surface area contributed by atoms with Gasteiger partial charge in [0, 0.05) is 17.8 Å². The maximum absolute atomic E-state index is 12.3. The highest BCUT2D eigenvalue weighted by Gasteiger charge is 2.20. The smallest absolute Gasteiger partial charge is 0.407 e. The lowest BCUT2D eigenvalue weighted by atomic mass is 10.2. The maximum Gasteiger partial charge on any atom is 0.407 e. The van der Waals surface area contributed by atoms with Crippen molar-refractivity contribution in [1.82, 2.24) is 14.9 Å². The Labute approximate surface area is 221 Å². The summed E-state index contributed by atoms with van der Waals surface area (Å²) in [5, 5.41) is 11.8. The van der Waals surface area contributed by atoms with Crippen LogP contribution < -0.4 is 21.3 Å². The number of rotatable bonds is 9. The van der Waals surface area contributed by atoms with Crippen LogP contribution in [0.1, 0.15) is 71.7 Å². The average Bonchev–Trinajstić information content (AvgIpc) is 2.80. The van der Waals surface area contributed by atoms with E-state index in [-0.39, 0.29) is 24.3 Å². The fourth-order valence-electron chi connectivity index (χ4n) is 3.22. The van der Waals surface area contributed by atoms with Gasteiger partial charge in [-0.2, -0.15) is 0 Å². The molecule has 2 rings (SSSR count). The number of nitrogens with one attached hydrogen (secondary N) is 2. The van der Waals surface area contributed by atoms with E-state index in [4.69, 9.17) is 14.2 Å². The Morgan fingerprint density at radius 1 is 1.18 bits per heavy atom. The first-order chi connectivity index (χ1) is 17.8. The highest BCUT2D eigenvalue weighted by Crippen LogP contribution is 2.15. The van der Waals surface area contributed by atoms with Crippen LogP contribution in [0, 0.1) is 11.8 Å². The van der Waals surface area contributed by atoms with Crippen LogP contribution in [0.2, 0.25) is 0 Å². The lowest BCUT2D eigenvalue weighted by Gasteiger charge is -2.22. The van der Waals surface area contributed by atoms with E-state index < -0.39 is 47.3 Å². The van der Waals surface area contributed by atoms with Gasteiger partial charge in [0.15, 0.2) is 0 Å². The third-order valence-corrected chi connectivity index (χ3v) is 4.92. The number of nitrogens with zero attached hydrogens (tertiary/aromatic N) is 1.